The number of carbonyl (C=O) groups excluding carboxylic acids is 1. The van der Waals surface area contributed by atoms with Gasteiger partial charge in [0.2, 0.25) is 0 Å². The van der Waals surface area contributed by atoms with E-state index in [9.17, 15) is 4.79 Å². The molecule has 1 heterocycles. The summed E-state index contributed by atoms with van der Waals surface area (Å²) in [5.74, 6) is 1.71. The zero-order valence-corrected chi connectivity index (χ0v) is 17.4. The number of nitrogens with one attached hydrogen (secondary N) is 1. The van der Waals surface area contributed by atoms with Crippen molar-refractivity contribution in [2.75, 3.05) is 11.9 Å². The SMILES string of the molecule is Cc1ccc(C(C)C)c(OCC(=O)Nc2ccc(Cl)c(-c3ccc(CO)o3)c2)c1. The van der Waals surface area contributed by atoms with E-state index < -0.39 is 0 Å². The second kappa shape index (κ2) is 9.16. The fraction of sp³-hybridized carbons (Fsp3) is 0.261. The number of hydrogen-bond acceptors (Lipinski definition) is 4. The van der Waals surface area contributed by atoms with Crippen LogP contribution in [0.3, 0.4) is 0 Å². The van der Waals surface area contributed by atoms with Crippen LogP contribution in [0.1, 0.15) is 36.7 Å². The van der Waals surface area contributed by atoms with Crippen LogP contribution in [0.15, 0.2) is 52.9 Å². The lowest BCUT2D eigenvalue weighted by Gasteiger charge is -2.15. The van der Waals surface area contributed by atoms with Crippen molar-refractivity contribution in [3.63, 3.8) is 0 Å². The summed E-state index contributed by atoms with van der Waals surface area (Å²) in [6.07, 6.45) is 0. The van der Waals surface area contributed by atoms with Crippen LogP contribution in [0.25, 0.3) is 11.3 Å². The third-order valence-electron chi connectivity index (χ3n) is 4.48. The molecule has 0 saturated heterocycles. The van der Waals surface area contributed by atoms with Crippen molar-refractivity contribution in [3.8, 4) is 17.1 Å². The Morgan fingerprint density at radius 3 is 2.66 bits per heavy atom. The van der Waals surface area contributed by atoms with Crippen molar-refractivity contribution in [1.82, 2.24) is 0 Å². The highest BCUT2D eigenvalue weighted by atomic mass is 35.5. The van der Waals surface area contributed by atoms with Crippen molar-refractivity contribution < 1.29 is 19.1 Å². The monoisotopic (exact) mass is 413 g/mol. The van der Waals surface area contributed by atoms with E-state index in [0.29, 0.717) is 33.7 Å². The van der Waals surface area contributed by atoms with Gasteiger partial charge >= 0.3 is 0 Å². The van der Waals surface area contributed by atoms with Gasteiger partial charge in [0.1, 0.15) is 23.9 Å². The van der Waals surface area contributed by atoms with E-state index in [4.69, 9.17) is 25.9 Å². The first-order chi connectivity index (χ1) is 13.9. The predicted molar refractivity (Wildman–Crippen MR) is 114 cm³/mol. The van der Waals surface area contributed by atoms with Crippen LogP contribution in [0.4, 0.5) is 5.69 Å². The lowest BCUT2D eigenvalue weighted by molar-refractivity contribution is -0.118. The van der Waals surface area contributed by atoms with Gasteiger partial charge in [-0.1, -0.05) is 37.6 Å². The van der Waals surface area contributed by atoms with E-state index in [1.165, 1.54) is 0 Å². The highest BCUT2D eigenvalue weighted by Crippen LogP contribution is 2.32. The summed E-state index contributed by atoms with van der Waals surface area (Å²) in [6.45, 7) is 5.87. The van der Waals surface area contributed by atoms with E-state index in [1.807, 2.05) is 25.1 Å². The quantitative estimate of drug-likeness (QED) is 0.533. The molecule has 5 nitrogen and oxygen atoms in total. The van der Waals surface area contributed by atoms with Gasteiger partial charge < -0.3 is 19.6 Å². The molecule has 0 atom stereocenters. The van der Waals surface area contributed by atoms with Crippen LogP contribution < -0.4 is 10.1 Å². The Morgan fingerprint density at radius 2 is 1.97 bits per heavy atom. The number of benzene rings is 2. The number of anilines is 1. The maximum absolute atomic E-state index is 12.4. The molecule has 0 saturated carbocycles. The van der Waals surface area contributed by atoms with Gasteiger partial charge in [-0.25, -0.2) is 0 Å². The number of aliphatic hydroxyl groups is 1. The van der Waals surface area contributed by atoms with Gasteiger partial charge in [0.05, 0.1) is 5.02 Å². The number of amides is 1. The van der Waals surface area contributed by atoms with Crippen molar-refractivity contribution in [1.29, 1.82) is 0 Å². The topological polar surface area (TPSA) is 71.7 Å². The fourth-order valence-electron chi connectivity index (χ4n) is 2.98. The highest BCUT2D eigenvalue weighted by molar-refractivity contribution is 6.33. The smallest absolute Gasteiger partial charge is 0.262 e. The van der Waals surface area contributed by atoms with Gasteiger partial charge in [0.25, 0.3) is 5.91 Å². The van der Waals surface area contributed by atoms with Crippen molar-refractivity contribution >= 4 is 23.2 Å². The second-order valence-corrected chi connectivity index (χ2v) is 7.56. The normalized spacial score (nSPS) is 11.0. The average molecular weight is 414 g/mol. The molecule has 1 aromatic heterocycles. The number of carbonyl (C=O) groups is 1. The zero-order chi connectivity index (χ0) is 21.0. The van der Waals surface area contributed by atoms with Crippen molar-refractivity contribution in [2.45, 2.75) is 33.3 Å². The molecule has 3 rings (SSSR count). The van der Waals surface area contributed by atoms with E-state index in [2.05, 4.69) is 19.2 Å². The molecule has 3 aromatic rings. The summed E-state index contributed by atoms with van der Waals surface area (Å²) in [4.78, 5) is 12.4. The van der Waals surface area contributed by atoms with Gasteiger partial charge in [-0.2, -0.15) is 0 Å². The van der Waals surface area contributed by atoms with E-state index >= 15 is 0 Å². The van der Waals surface area contributed by atoms with Crippen LogP contribution in [0.2, 0.25) is 5.02 Å². The summed E-state index contributed by atoms with van der Waals surface area (Å²) in [5.41, 5.74) is 3.35. The average Bonchev–Trinajstić information content (AvgIpc) is 3.16. The number of furan rings is 1. The van der Waals surface area contributed by atoms with Gasteiger partial charge in [0.15, 0.2) is 6.61 Å². The molecule has 0 radical (unpaired) electrons. The number of halogens is 1. The van der Waals surface area contributed by atoms with Crippen molar-refractivity contribution in [3.05, 3.63) is 70.4 Å². The first kappa shape index (κ1) is 21.0. The molecule has 1 amide bonds. The minimum atomic E-state index is -0.273. The van der Waals surface area contributed by atoms with Gasteiger partial charge in [0, 0.05) is 11.3 Å². The summed E-state index contributed by atoms with van der Waals surface area (Å²) in [7, 11) is 0. The standard InChI is InChI=1S/C23H24ClNO4/c1-14(2)18-7-4-15(3)10-22(18)28-13-23(27)25-16-5-8-20(24)19(11-16)21-9-6-17(12-26)29-21/h4-11,14,26H,12-13H2,1-3H3,(H,25,27). The van der Waals surface area contributed by atoms with E-state index in [-0.39, 0.29) is 19.1 Å². The number of aryl methyl sites for hydroxylation is 1. The zero-order valence-electron chi connectivity index (χ0n) is 16.7. The number of hydrogen-bond donors (Lipinski definition) is 2. The lowest BCUT2D eigenvalue weighted by Crippen LogP contribution is -2.20. The van der Waals surface area contributed by atoms with Crippen LogP contribution in [-0.4, -0.2) is 17.6 Å². The summed E-state index contributed by atoms with van der Waals surface area (Å²) in [6, 6.07) is 14.5. The molecule has 2 aromatic carbocycles. The summed E-state index contributed by atoms with van der Waals surface area (Å²) < 4.78 is 11.3. The first-order valence-electron chi connectivity index (χ1n) is 9.40. The summed E-state index contributed by atoms with van der Waals surface area (Å²) >= 11 is 6.26. The third kappa shape index (κ3) is 5.19. The van der Waals surface area contributed by atoms with Gasteiger partial charge in [-0.3, -0.25) is 4.79 Å². The van der Waals surface area contributed by atoms with Crippen molar-refractivity contribution in [2.24, 2.45) is 0 Å². The Balaban J connectivity index is 1.70. The third-order valence-corrected chi connectivity index (χ3v) is 4.81. The molecule has 6 heteroatoms. The maximum atomic E-state index is 12.4. The molecule has 0 aliphatic carbocycles. The predicted octanol–water partition coefficient (Wildman–Crippen LogP) is 5.54. The number of ether oxygens (including phenoxy) is 1. The van der Waals surface area contributed by atoms with Crippen LogP contribution in [-0.2, 0) is 11.4 Å². The Labute approximate surface area is 175 Å². The van der Waals surface area contributed by atoms with Crippen LogP contribution in [0, 0.1) is 6.92 Å². The molecular formula is C23H24ClNO4. The molecule has 0 aliphatic rings. The molecule has 0 fully saturated rings. The Hall–Kier alpha value is -2.76. The van der Waals surface area contributed by atoms with Crippen LogP contribution in [0.5, 0.6) is 5.75 Å². The number of rotatable bonds is 7. The van der Waals surface area contributed by atoms with Crippen LogP contribution >= 0.6 is 11.6 Å². The molecule has 0 bridgehead atoms. The first-order valence-corrected chi connectivity index (χ1v) is 9.78. The molecule has 0 unspecified atom stereocenters. The Morgan fingerprint density at radius 1 is 1.17 bits per heavy atom. The molecule has 152 valence electrons. The Bertz CT molecular complexity index is 1010. The van der Waals surface area contributed by atoms with E-state index in [0.717, 1.165) is 16.9 Å². The summed E-state index contributed by atoms with van der Waals surface area (Å²) in [5, 5.41) is 12.5. The van der Waals surface area contributed by atoms with E-state index in [1.54, 1.807) is 30.3 Å². The minimum Gasteiger partial charge on any atom is -0.483 e. The fourth-order valence-corrected chi connectivity index (χ4v) is 3.19. The second-order valence-electron chi connectivity index (χ2n) is 7.15. The minimum absolute atomic E-state index is 0.101. The molecular weight excluding hydrogens is 390 g/mol. The molecule has 2 N–H and O–H groups in total. The molecule has 29 heavy (non-hydrogen) atoms. The Kier molecular flexibility index (Phi) is 6.62. The largest absolute Gasteiger partial charge is 0.483 e. The highest BCUT2D eigenvalue weighted by Gasteiger charge is 2.13. The van der Waals surface area contributed by atoms with Gasteiger partial charge in [-0.05, 0) is 60.4 Å². The molecule has 0 aliphatic heterocycles. The maximum Gasteiger partial charge on any atom is 0.262 e. The lowest BCUT2D eigenvalue weighted by atomic mass is 10.0. The number of aliphatic hydroxyl groups excluding tert-OH is 1. The molecule has 0 spiro atoms. The van der Waals surface area contributed by atoms with Gasteiger partial charge in [-0.15, -0.1) is 0 Å².